The Balaban J connectivity index is 1.62. The average Bonchev–Trinajstić information content (AvgIpc) is 2.69. The fourth-order valence-corrected chi connectivity index (χ4v) is 4.19. The number of nitrogens with zero attached hydrogens (tertiary/aromatic N) is 2. The molecule has 0 aromatic carbocycles. The Bertz CT molecular complexity index is 621. The van der Waals surface area contributed by atoms with Crippen molar-refractivity contribution in [3.8, 4) is 0 Å². The summed E-state index contributed by atoms with van der Waals surface area (Å²) in [4.78, 5) is 19.5. The van der Waals surface area contributed by atoms with Crippen LogP contribution in [0.1, 0.15) is 74.2 Å². The highest BCUT2D eigenvalue weighted by atomic mass is 16.1. The summed E-state index contributed by atoms with van der Waals surface area (Å²) >= 11 is 0. The molecule has 150 valence electrons. The van der Waals surface area contributed by atoms with Crippen LogP contribution < -0.4 is 21.3 Å². The van der Waals surface area contributed by atoms with Crippen LogP contribution in [0, 0.1) is 6.92 Å². The SMILES string of the molecule is CCC(N)NC(=O)c1cc(C)cnc1N1CCC(NC2CCCCC2)CC1. The summed E-state index contributed by atoms with van der Waals surface area (Å²) in [5, 5.41) is 6.74. The second-order valence-corrected chi connectivity index (χ2v) is 8.13. The second-order valence-electron chi connectivity index (χ2n) is 8.13. The number of amides is 1. The molecule has 4 N–H and O–H groups in total. The van der Waals surface area contributed by atoms with Crippen molar-refractivity contribution < 1.29 is 4.79 Å². The van der Waals surface area contributed by atoms with E-state index in [0.717, 1.165) is 37.3 Å². The van der Waals surface area contributed by atoms with Crippen molar-refractivity contribution in [1.82, 2.24) is 15.6 Å². The summed E-state index contributed by atoms with van der Waals surface area (Å²) in [6, 6.07) is 3.21. The lowest BCUT2D eigenvalue weighted by Crippen LogP contribution is -2.47. The van der Waals surface area contributed by atoms with Crippen LogP contribution in [0.5, 0.6) is 0 Å². The zero-order valence-electron chi connectivity index (χ0n) is 16.8. The fourth-order valence-electron chi connectivity index (χ4n) is 4.19. The van der Waals surface area contributed by atoms with Crippen LogP contribution >= 0.6 is 0 Å². The maximum absolute atomic E-state index is 12.7. The molecule has 1 aliphatic heterocycles. The van der Waals surface area contributed by atoms with E-state index in [1.807, 2.05) is 26.1 Å². The number of nitrogens with two attached hydrogens (primary N) is 1. The Kier molecular flexibility index (Phi) is 7.07. The molecule has 0 radical (unpaired) electrons. The van der Waals surface area contributed by atoms with Crippen LogP contribution in [0.3, 0.4) is 0 Å². The Morgan fingerprint density at radius 3 is 2.56 bits per heavy atom. The Morgan fingerprint density at radius 2 is 1.89 bits per heavy atom. The second kappa shape index (κ2) is 9.51. The number of rotatable bonds is 6. The number of pyridine rings is 1. The first kappa shape index (κ1) is 20.1. The molecule has 1 amide bonds. The van der Waals surface area contributed by atoms with Crippen molar-refractivity contribution >= 4 is 11.7 Å². The van der Waals surface area contributed by atoms with E-state index < -0.39 is 0 Å². The summed E-state index contributed by atoms with van der Waals surface area (Å²) in [6.07, 6.45) is 11.2. The Hall–Kier alpha value is -1.66. The minimum atomic E-state index is -0.323. The molecule has 1 atom stereocenters. The quantitative estimate of drug-likeness (QED) is 0.668. The third-order valence-electron chi connectivity index (χ3n) is 5.88. The van der Waals surface area contributed by atoms with Crippen LogP contribution in [-0.4, -0.2) is 42.2 Å². The van der Waals surface area contributed by atoms with Gasteiger partial charge >= 0.3 is 0 Å². The maximum atomic E-state index is 12.7. The van der Waals surface area contributed by atoms with Gasteiger partial charge in [-0.3, -0.25) is 4.79 Å². The van der Waals surface area contributed by atoms with Gasteiger partial charge in [0.1, 0.15) is 5.82 Å². The van der Waals surface area contributed by atoms with Gasteiger partial charge in [0, 0.05) is 31.4 Å². The molecular formula is C21H35N5O. The molecule has 1 aliphatic carbocycles. The highest BCUT2D eigenvalue weighted by molar-refractivity contribution is 5.99. The molecular weight excluding hydrogens is 338 g/mol. The number of aryl methyl sites for hydroxylation is 1. The van der Waals surface area contributed by atoms with E-state index >= 15 is 0 Å². The third kappa shape index (κ3) is 5.42. The van der Waals surface area contributed by atoms with Crippen LogP contribution in [-0.2, 0) is 0 Å². The van der Waals surface area contributed by atoms with Crippen molar-refractivity contribution in [2.24, 2.45) is 5.73 Å². The molecule has 2 heterocycles. The molecule has 2 aliphatic rings. The van der Waals surface area contributed by atoms with Gasteiger partial charge in [-0.2, -0.15) is 0 Å². The molecule has 6 nitrogen and oxygen atoms in total. The van der Waals surface area contributed by atoms with Gasteiger partial charge in [-0.25, -0.2) is 4.98 Å². The lowest BCUT2D eigenvalue weighted by atomic mass is 9.93. The summed E-state index contributed by atoms with van der Waals surface area (Å²) < 4.78 is 0. The Morgan fingerprint density at radius 1 is 1.22 bits per heavy atom. The van der Waals surface area contributed by atoms with Gasteiger partial charge in [0.2, 0.25) is 0 Å². The van der Waals surface area contributed by atoms with Crippen LogP contribution in [0.25, 0.3) is 0 Å². The minimum Gasteiger partial charge on any atom is -0.356 e. The number of nitrogens with one attached hydrogen (secondary N) is 2. The van der Waals surface area contributed by atoms with Gasteiger partial charge in [0.15, 0.2) is 0 Å². The molecule has 1 saturated carbocycles. The van der Waals surface area contributed by atoms with Crippen molar-refractivity contribution in [3.63, 3.8) is 0 Å². The first-order valence-corrected chi connectivity index (χ1v) is 10.6. The van der Waals surface area contributed by atoms with E-state index in [0.29, 0.717) is 24.1 Å². The number of hydrogen-bond acceptors (Lipinski definition) is 5. The zero-order chi connectivity index (χ0) is 19.2. The topological polar surface area (TPSA) is 83.3 Å². The van der Waals surface area contributed by atoms with E-state index in [1.165, 1.54) is 32.1 Å². The lowest BCUT2D eigenvalue weighted by Gasteiger charge is -2.36. The summed E-state index contributed by atoms with van der Waals surface area (Å²) in [6.45, 7) is 5.79. The standard InChI is InChI=1S/C21H35N5O/c1-3-19(22)25-21(27)18-13-15(2)14-23-20(18)26-11-9-17(10-12-26)24-16-7-5-4-6-8-16/h13-14,16-17,19,24H,3-12,22H2,1-2H3,(H,25,27). The fraction of sp³-hybridized carbons (Fsp3) is 0.714. The number of hydrogen-bond donors (Lipinski definition) is 3. The van der Waals surface area contributed by atoms with Crippen molar-refractivity contribution in [2.45, 2.75) is 83.5 Å². The number of anilines is 1. The molecule has 1 saturated heterocycles. The first-order chi connectivity index (χ1) is 13.1. The summed E-state index contributed by atoms with van der Waals surface area (Å²) in [7, 11) is 0. The highest BCUT2D eigenvalue weighted by Crippen LogP contribution is 2.25. The smallest absolute Gasteiger partial charge is 0.256 e. The molecule has 2 fully saturated rings. The highest BCUT2D eigenvalue weighted by Gasteiger charge is 2.26. The Labute approximate surface area is 163 Å². The predicted octanol–water partition coefficient (Wildman–Crippen LogP) is 2.71. The van der Waals surface area contributed by atoms with Gasteiger partial charge in [0.05, 0.1) is 11.7 Å². The van der Waals surface area contributed by atoms with E-state index in [2.05, 4.69) is 20.5 Å². The van der Waals surface area contributed by atoms with E-state index in [9.17, 15) is 4.79 Å². The number of aromatic nitrogens is 1. The molecule has 1 aromatic heterocycles. The first-order valence-electron chi connectivity index (χ1n) is 10.6. The summed E-state index contributed by atoms with van der Waals surface area (Å²) in [5.41, 5.74) is 7.54. The third-order valence-corrected chi connectivity index (χ3v) is 5.88. The normalized spacial score (nSPS) is 20.5. The molecule has 0 spiro atoms. The molecule has 0 bridgehead atoms. The van der Waals surface area contributed by atoms with Crippen molar-refractivity contribution in [3.05, 3.63) is 23.4 Å². The van der Waals surface area contributed by atoms with Gasteiger partial charge < -0.3 is 21.3 Å². The molecule has 6 heteroatoms. The predicted molar refractivity (Wildman–Crippen MR) is 110 cm³/mol. The van der Waals surface area contributed by atoms with E-state index in [4.69, 9.17) is 5.73 Å². The molecule has 27 heavy (non-hydrogen) atoms. The van der Waals surface area contributed by atoms with Crippen molar-refractivity contribution in [2.75, 3.05) is 18.0 Å². The van der Waals surface area contributed by atoms with E-state index in [-0.39, 0.29) is 12.1 Å². The number of piperidine rings is 1. The van der Waals surface area contributed by atoms with Crippen LogP contribution in [0.2, 0.25) is 0 Å². The molecule has 3 rings (SSSR count). The van der Waals surface area contributed by atoms with Crippen LogP contribution in [0.15, 0.2) is 12.3 Å². The van der Waals surface area contributed by atoms with Crippen LogP contribution in [0.4, 0.5) is 5.82 Å². The van der Waals surface area contributed by atoms with Crippen molar-refractivity contribution in [1.29, 1.82) is 0 Å². The average molecular weight is 374 g/mol. The molecule has 1 unspecified atom stereocenters. The monoisotopic (exact) mass is 373 g/mol. The van der Waals surface area contributed by atoms with Gasteiger partial charge in [-0.15, -0.1) is 0 Å². The van der Waals surface area contributed by atoms with Gasteiger partial charge in [-0.1, -0.05) is 26.2 Å². The summed E-state index contributed by atoms with van der Waals surface area (Å²) in [5.74, 6) is 0.663. The lowest BCUT2D eigenvalue weighted by molar-refractivity contribution is 0.0937. The van der Waals surface area contributed by atoms with E-state index in [1.54, 1.807) is 0 Å². The van der Waals surface area contributed by atoms with Gasteiger partial charge in [0.25, 0.3) is 5.91 Å². The largest absolute Gasteiger partial charge is 0.356 e. The number of carbonyl (C=O) groups excluding carboxylic acids is 1. The minimum absolute atomic E-state index is 0.127. The zero-order valence-corrected chi connectivity index (χ0v) is 16.8. The maximum Gasteiger partial charge on any atom is 0.256 e. The van der Waals surface area contributed by atoms with Gasteiger partial charge in [-0.05, 0) is 50.7 Å². The number of carbonyl (C=O) groups is 1. The molecule has 1 aromatic rings.